The van der Waals surface area contributed by atoms with Crippen molar-refractivity contribution in [1.82, 2.24) is 5.32 Å². The van der Waals surface area contributed by atoms with Gasteiger partial charge in [0.25, 0.3) is 5.91 Å². The van der Waals surface area contributed by atoms with E-state index in [1.807, 2.05) is 24.3 Å². The van der Waals surface area contributed by atoms with Gasteiger partial charge in [0.05, 0.1) is 0 Å². The lowest BCUT2D eigenvalue weighted by molar-refractivity contribution is -0.122. The maximum Gasteiger partial charge on any atom is 0.257 e. The van der Waals surface area contributed by atoms with Crippen LogP contribution in [0.15, 0.2) is 24.3 Å². The summed E-state index contributed by atoms with van der Waals surface area (Å²) >= 11 is 0. The van der Waals surface area contributed by atoms with E-state index in [1.165, 1.54) is 0 Å². The van der Waals surface area contributed by atoms with E-state index in [-0.39, 0.29) is 12.5 Å². The van der Waals surface area contributed by atoms with E-state index in [2.05, 4.69) is 10.6 Å². The molecule has 0 fully saturated rings. The number of nitrogens with one attached hydrogen (secondary N) is 2. The lowest BCUT2D eigenvalue weighted by atomic mass is 10.2. The van der Waals surface area contributed by atoms with Crippen molar-refractivity contribution in [3.63, 3.8) is 0 Å². The minimum atomic E-state index is -0.140. The zero-order valence-electron chi connectivity index (χ0n) is 10.7. The zero-order chi connectivity index (χ0) is 13.2. The molecular weight excluding hydrogens is 230 g/mol. The molecule has 1 aromatic carbocycles. The maximum absolute atomic E-state index is 11.0. The van der Waals surface area contributed by atoms with E-state index in [0.717, 1.165) is 31.6 Å². The van der Waals surface area contributed by atoms with Crippen LogP contribution in [-0.2, 0) is 4.79 Å². The van der Waals surface area contributed by atoms with Crippen molar-refractivity contribution in [3.8, 4) is 5.75 Å². The van der Waals surface area contributed by atoms with Gasteiger partial charge in [-0.25, -0.2) is 0 Å². The Morgan fingerprint density at radius 3 is 2.61 bits per heavy atom. The molecule has 0 spiro atoms. The standard InChI is InChI=1S/C13H21N3O2/c1-15-13(17)10-18-12-6-4-11(5-7-12)16-9-3-2-8-14/h4-7,16H,2-3,8-10,14H2,1H3,(H,15,17). The molecule has 5 heteroatoms. The van der Waals surface area contributed by atoms with E-state index >= 15 is 0 Å². The quantitative estimate of drug-likeness (QED) is 0.602. The molecule has 0 heterocycles. The van der Waals surface area contributed by atoms with E-state index < -0.39 is 0 Å². The van der Waals surface area contributed by atoms with Gasteiger partial charge in [0.1, 0.15) is 5.75 Å². The van der Waals surface area contributed by atoms with Crippen molar-refractivity contribution < 1.29 is 9.53 Å². The van der Waals surface area contributed by atoms with Gasteiger partial charge in [-0.15, -0.1) is 0 Å². The Morgan fingerprint density at radius 2 is 2.00 bits per heavy atom. The molecule has 4 N–H and O–H groups in total. The third kappa shape index (κ3) is 5.54. The Morgan fingerprint density at radius 1 is 1.28 bits per heavy atom. The fraction of sp³-hybridized carbons (Fsp3) is 0.462. The lowest BCUT2D eigenvalue weighted by Gasteiger charge is -2.08. The molecule has 1 amide bonds. The normalized spacial score (nSPS) is 9.89. The smallest absolute Gasteiger partial charge is 0.257 e. The number of rotatable bonds is 8. The Hall–Kier alpha value is -1.75. The summed E-state index contributed by atoms with van der Waals surface area (Å²) in [4.78, 5) is 11.0. The number of hydrogen-bond donors (Lipinski definition) is 3. The van der Waals surface area contributed by atoms with Crippen LogP contribution in [0.1, 0.15) is 12.8 Å². The summed E-state index contributed by atoms with van der Waals surface area (Å²) < 4.78 is 5.30. The highest BCUT2D eigenvalue weighted by atomic mass is 16.5. The van der Waals surface area contributed by atoms with Crippen molar-refractivity contribution in [2.45, 2.75) is 12.8 Å². The number of carbonyl (C=O) groups excluding carboxylic acids is 1. The third-order valence-electron chi connectivity index (χ3n) is 2.46. The van der Waals surface area contributed by atoms with Crippen molar-refractivity contribution in [3.05, 3.63) is 24.3 Å². The first-order valence-electron chi connectivity index (χ1n) is 6.13. The van der Waals surface area contributed by atoms with Crippen LogP contribution in [0, 0.1) is 0 Å². The molecule has 0 unspecified atom stereocenters. The predicted molar refractivity (Wildman–Crippen MR) is 72.8 cm³/mol. The zero-order valence-corrected chi connectivity index (χ0v) is 10.7. The SMILES string of the molecule is CNC(=O)COc1ccc(NCCCCN)cc1. The molecule has 0 aliphatic rings. The minimum Gasteiger partial charge on any atom is -0.484 e. The first-order chi connectivity index (χ1) is 8.76. The molecule has 1 rings (SSSR count). The van der Waals surface area contributed by atoms with Gasteiger partial charge in [0.15, 0.2) is 6.61 Å². The van der Waals surface area contributed by atoms with Gasteiger partial charge in [-0.3, -0.25) is 4.79 Å². The van der Waals surface area contributed by atoms with E-state index in [9.17, 15) is 4.79 Å². The van der Waals surface area contributed by atoms with Crippen LogP contribution in [0.5, 0.6) is 5.75 Å². The molecule has 0 saturated carbocycles. The second-order valence-electron chi connectivity index (χ2n) is 3.91. The van der Waals surface area contributed by atoms with Gasteiger partial charge in [-0.05, 0) is 43.7 Å². The van der Waals surface area contributed by atoms with Gasteiger partial charge < -0.3 is 21.1 Å². The van der Waals surface area contributed by atoms with Crippen molar-refractivity contribution in [1.29, 1.82) is 0 Å². The van der Waals surface area contributed by atoms with Gasteiger partial charge in [0, 0.05) is 19.3 Å². The van der Waals surface area contributed by atoms with Crippen LogP contribution in [0.25, 0.3) is 0 Å². The number of ether oxygens (including phenoxy) is 1. The number of benzene rings is 1. The molecule has 0 aliphatic carbocycles. The number of anilines is 1. The number of carbonyl (C=O) groups is 1. The maximum atomic E-state index is 11.0. The summed E-state index contributed by atoms with van der Waals surface area (Å²) in [7, 11) is 1.58. The molecule has 0 aromatic heterocycles. The first-order valence-corrected chi connectivity index (χ1v) is 6.13. The topological polar surface area (TPSA) is 76.4 Å². The number of likely N-dealkylation sites (N-methyl/N-ethyl adjacent to an activating group) is 1. The molecule has 1 aromatic rings. The van der Waals surface area contributed by atoms with Gasteiger partial charge in [0.2, 0.25) is 0 Å². The van der Waals surface area contributed by atoms with Crippen LogP contribution in [-0.4, -0.2) is 32.7 Å². The molecule has 18 heavy (non-hydrogen) atoms. The van der Waals surface area contributed by atoms with Crippen LogP contribution in [0.3, 0.4) is 0 Å². The highest BCUT2D eigenvalue weighted by molar-refractivity contribution is 5.77. The van der Waals surface area contributed by atoms with Gasteiger partial charge in [-0.2, -0.15) is 0 Å². The largest absolute Gasteiger partial charge is 0.484 e. The predicted octanol–water partition coefficient (Wildman–Crippen LogP) is 0.962. The highest BCUT2D eigenvalue weighted by Crippen LogP contribution is 2.15. The number of hydrogen-bond acceptors (Lipinski definition) is 4. The average molecular weight is 251 g/mol. The van der Waals surface area contributed by atoms with Crippen molar-refractivity contribution in [2.24, 2.45) is 5.73 Å². The fourth-order valence-electron chi connectivity index (χ4n) is 1.39. The van der Waals surface area contributed by atoms with Crippen molar-refractivity contribution in [2.75, 3.05) is 32.1 Å². The van der Waals surface area contributed by atoms with Crippen LogP contribution in [0.2, 0.25) is 0 Å². The minimum absolute atomic E-state index is 0.0414. The lowest BCUT2D eigenvalue weighted by Crippen LogP contribution is -2.24. The molecule has 0 saturated heterocycles. The second-order valence-corrected chi connectivity index (χ2v) is 3.91. The number of amides is 1. The average Bonchev–Trinajstić information content (AvgIpc) is 2.42. The Kier molecular flexibility index (Phi) is 6.64. The summed E-state index contributed by atoms with van der Waals surface area (Å²) in [5, 5.41) is 5.79. The number of unbranched alkanes of at least 4 members (excludes halogenated alkanes) is 1. The third-order valence-corrected chi connectivity index (χ3v) is 2.46. The summed E-state index contributed by atoms with van der Waals surface area (Å²) in [5.74, 6) is 0.546. The first kappa shape index (κ1) is 14.3. The van der Waals surface area contributed by atoms with E-state index in [4.69, 9.17) is 10.5 Å². The van der Waals surface area contributed by atoms with Gasteiger partial charge in [-0.1, -0.05) is 0 Å². The summed E-state index contributed by atoms with van der Waals surface area (Å²) in [6.07, 6.45) is 2.09. The molecule has 0 radical (unpaired) electrons. The molecule has 0 atom stereocenters. The number of nitrogens with two attached hydrogens (primary N) is 1. The fourth-order valence-corrected chi connectivity index (χ4v) is 1.39. The van der Waals surface area contributed by atoms with Crippen LogP contribution >= 0.6 is 0 Å². The molecule has 0 bridgehead atoms. The van der Waals surface area contributed by atoms with Crippen LogP contribution in [0.4, 0.5) is 5.69 Å². The van der Waals surface area contributed by atoms with Crippen LogP contribution < -0.4 is 21.1 Å². The van der Waals surface area contributed by atoms with E-state index in [0.29, 0.717) is 5.75 Å². The van der Waals surface area contributed by atoms with Crippen molar-refractivity contribution >= 4 is 11.6 Å². The molecular formula is C13H21N3O2. The molecule has 0 aliphatic heterocycles. The summed E-state index contributed by atoms with van der Waals surface area (Å²) in [5.41, 5.74) is 6.46. The highest BCUT2D eigenvalue weighted by Gasteiger charge is 1.99. The van der Waals surface area contributed by atoms with E-state index in [1.54, 1.807) is 7.05 Å². The Balaban J connectivity index is 2.31. The molecule has 100 valence electrons. The Labute approximate surface area is 108 Å². The Bertz CT molecular complexity index is 352. The molecule has 5 nitrogen and oxygen atoms in total. The second kappa shape index (κ2) is 8.36. The summed E-state index contributed by atoms with van der Waals surface area (Å²) in [6.45, 7) is 1.68. The monoisotopic (exact) mass is 251 g/mol. The summed E-state index contributed by atoms with van der Waals surface area (Å²) in [6, 6.07) is 7.55. The van der Waals surface area contributed by atoms with Gasteiger partial charge >= 0.3 is 0 Å².